The Morgan fingerprint density at radius 3 is 3.00 bits per heavy atom. The molecule has 0 bridgehead atoms. The van der Waals surface area contributed by atoms with Crippen molar-refractivity contribution >= 4 is 5.78 Å². The number of Topliss-reactive ketones (excluding diaryl/α,β-unsaturated/α-hetero) is 1. The number of carbonyl (C=O) groups is 1. The van der Waals surface area contributed by atoms with E-state index in [2.05, 4.69) is 4.98 Å². The van der Waals surface area contributed by atoms with Crippen LogP contribution in [0.3, 0.4) is 0 Å². The van der Waals surface area contributed by atoms with Gasteiger partial charge in [0.05, 0.1) is 0 Å². The second-order valence-corrected chi connectivity index (χ2v) is 3.65. The molecule has 0 atom stereocenters. The van der Waals surface area contributed by atoms with Gasteiger partial charge in [0.15, 0.2) is 5.78 Å². The Balaban J connectivity index is 1.89. The smallest absolute Gasteiger partial charge is 0.164 e. The highest BCUT2D eigenvalue weighted by atomic mass is 16.1. The SMILES string of the molecule is O=C(CCC1CC1)c1cccnc1. The minimum atomic E-state index is 0.236. The molecule has 1 aliphatic carbocycles. The lowest BCUT2D eigenvalue weighted by Gasteiger charge is -1.98. The van der Waals surface area contributed by atoms with Gasteiger partial charge in [-0.1, -0.05) is 12.8 Å². The third-order valence-corrected chi connectivity index (χ3v) is 2.46. The highest BCUT2D eigenvalue weighted by Crippen LogP contribution is 2.33. The molecule has 1 aromatic rings. The molecule has 0 saturated heterocycles. The molecule has 1 aromatic heterocycles. The summed E-state index contributed by atoms with van der Waals surface area (Å²) >= 11 is 0. The van der Waals surface area contributed by atoms with Crippen molar-refractivity contribution in [1.82, 2.24) is 4.98 Å². The maximum atomic E-state index is 11.5. The predicted molar refractivity (Wildman–Crippen MR) is 50.5 cm³/mol. The van der Waals surface area contributed by atoms with Crippen molar-refractivity contribution in [2.75, 3.05) is 0 Å². The number of ketones is 1. The average molecular weight is 175 g/mol. The molecule has 0 unspecified atom stereocenters. The highest BCUT2D eigenvalue weighted by molar-refractivity contribution is 5.95. The molecule has 1 heterocycles. The van der Waals surface area contributed by atoms with Crippen LogP contribution in [0.5, 0.6) is 0 Å². The second kappa shape index (κ2) is 3.69. The molecule has 1 saturated carbocycles. The Hall–Kier alpha value is -1.18. The van der Waals surface area contributed by atoms with Crippen LogP contribution in [0, 0.1) is 5.92 Å². The Labute approximate surface area is 78.0 Å². The van der Waals surface area contributed by atoms with Crippen LogP contribution in [0.4, 0.5) is 0 Å². The van der Waals surface area contributed by atoms with E-state index in [0.717, 1.165) is 17.9 Å². The van der Waals surface area contributed by atoms with Gasteiger partial charge in [-0.05, 0) is 24.5 Å². The molecule has 0 spiro atoms. The molecule has 0 amide bonds. The van der Waals surface area contributed by atoms with Gasteiger partial charge >= 0.3 is 0 Å². The standard InChI is InChI=1S/C11H13NO/c13-11(6-5-9-3-4-9)10-2-1-7-12-8-10/h1-2,7-9H,3-6H2. The first-order valence-corrected chi connectivity index (χ1v) is 4.79. The van der Waals surface area contributed by atoms with Crippen molar-refractivity contribution in [3.8, 4) is 0 Å². The van der Waals surface area contributed by atoms with Crippen LogP contribution < -0.4 is 0 Å². The Morgan fingerprint density at radius 1 is 1.54 bits per heavy atom. The number of hydrogen-bond acceptors (Lipinski definition) is 2. The van der Waals surface area contributed by atoms with Crippen molar-refractivity contribution in [3.63, 3.8) is 0 Å². The third kappa shape index (κ3) is 2.38. The second-order valence-electron chi connectivity index (χ2n) is 3.65. The first-order valence-electron chi connectivity index (χ1n) is 4.79. The van der Waals surface area contributed by atoms with Gasteiger partial charge in [-0.3, -0.25) is 9.78 Å². The first kappa shape index (κ1) is 8.42. The number of nitrogens with zero attached hydrogens (tertiary/aromatic N) is 1. The van der Waals surface area contributed by atoms with Crippen LogP contribution >= 0.6 is 0 Å². The largest absolute Gasteiger partial charge is 0.294 e. The summed E-state index contributed by atoms with van der Waals surface area (Å²) in [6, 6.07) is 3.65. The Bertz CT molecular complexity index is 290. The zero-order valence-corrected chi connectivity index (χ0v) is 7.57. The van der Waals surface area contributed by atoms with E-state index in [1.807, 2.05) is 12.1 Å². The normalized spacial score (nSPS) is 15.7. The summed E-state index contributed by atoms with van der Waals surface area (Å²) in [6.45, 7) is 0. The van der Waals surface area contributed by atoms with E-state index in [0.29, 0.717) is 6.42 Å². The molecule has 0 radical (unpaired) electrons. The third-order valence-electron chi connectivity index (χ3n) is 2.46. The Kier molecular flexibility index (Phi) is 2.39. The number of pyridine rings is 1. The van der Waals surface area contributed by atoms with E-state index in [4.69, 9.17) is 0 Å². The molecule has 68 valence electrons. The zero-order valence-electron chi connectivity index (χ0n) is 7.57. The van der Waals surface area contributed by atoms with Crippen LogP contribution in [0.1, 0.15) is 36.0 Å². The van der Waals surface area contributed by atoms with E-state index in [1.54, 1.807) is 12.4 Å². The Morgan fingerprint density at radius 2 is 2.38 bits per heavy atom. The van der Waals surface area contributed by atoms with E-state index in [9.17, 15) is 4.79 Å². The van der Waals surface area contributed by atoms with Crippen LogP contribution in [0.2, 0.25) is 0 Å². The predicted octanol–water partition coefficient (Wildman–Crippen LogP) is 2.45. The maximum Gasteiger partial charge on any atom is 0.164 e. The van der Waals surface area contributed by atoms with E-state index in [1.165, 1.54) is 12.8 Å². The van der Waals surface area contributed by atoms with Gasteiger partial charge < -0.3 is 0 Å². The molecule has 0 N–H and O–H groups in total. The van der Waals surface area contributed by atoms with Crippen molar-refractivity contribution in [2.24, 2.45) is 5.92 Å². The summed E-state index contributed by atoms with van der Waals surface area (Å²) < 4.78 is 0. The van der Waals surface area contributed by atoms with Gasteiger partial charge in [0.2, 0.25) is 0 Å². The molecular weight excluding hydrogens is 162 g/mol. The quantitative estimate of drug-likeness (QED) is 0.658. The fourth-order valence-corrected chi connectivity index (χ4v) is 1.41. The van der Waals surface area contributed by atoms with Crippen molar-refractivity contribution in [2.45, 2.75) is 25.7 Å². The van der Waals surface area contributed by atoms with Gasteiger partial charge in [0.1, 0.15) is 0 Å². The van der Waals surface area contributed by atoms with Crippen molar-refractivity contribution in [1.29, 1.82) is 0 Å². The lowest BCUT2D eigenvalue weighted by Crippen LogP contribution is -1.99. The maximum absolute atomic E-state index is 11.5. The molecule has 13 heavy (non-hydrogen) atoms. The number of rotatable bonds is 4. The van der Waals surface area contributed by atoms with E-state index in [-0.39, 0.29) is 5.78 Å². The van der Waals surface area contributed by atoms with Crippen molar-refractivity contribution < 1.29 is 4.79 Å². The molecule has 0 aromatic carbocycles. The van der Waals surface area contributed by atoms with Crippen LogP contribution in [-0.4, -0.2) is 10.8 Å². The van der Waals surface area contributed by atoms with Crippen LogP contribution in [0.25, 0.3) is 0 Å². The summed E-state index contributed by atoms with van der Waals surface area (Å²) in [5.74, 6) is 1.07. The first-order chi connectivity index (χ1) is 6.36. The van der Waals surface area contributed by atoms with Gasteiger partial charge in [-0.15, -0.1) is 0 Å². The lowest BCUT2D eigenvalue weighted by atomic mass is 10.1. The summed E-state index contributed by atoms with van der Waals surface area (Å²) in [4.78, 5) is 15.5. The summed E-state index contributed by atoms with van der Waals surface area (Å²) in [5, 5.41) is 0. The fraction of sp³-hybridized carbons (Fsp3) is 0.455. The fourth-order valence-electron chi connectivity index (χ4n) is 1.41. The molecule has 1 fully saturated rings. The summed E-state index contributed by atoms with van der Waals surface area (Å²) in [5.41, 5.74) is 0.753. The summed E-state index contributed by atoms with van der Waals surface area (Å²) in [7, 11) is 0. The average Bonchev–Trinajstić information content (AvgIpc) is 2.99. The number of carbonyl (C=O) groups excluding carboxylic acids is 1. The molecule has 2 nitrogen and oxygen atoms in total. The minimum absolute atomic E-state index is 0.236. The van der Waals surface area contributed by atoms with E-state index >= 15 is 0 Å². The van der Waals surface area contributed by atoms with Crippen LogP contribution in [0.15, 0.2) is 24.5 Å². The monoisotopic (exact) mass is 175 g/mol. The van der Waals surface area contributed by atoms with Gasteiger partial charge in [0, 0.05) is 24.4 Å². The molecule has 2 rings (SSSR count). The zero-order chi connectivity index (χ0) is 9.10. The van der Waals surface area contributed by atoms with Gasteiger partial charge in [0.25, 0.3) is 0 Å². The molecular formula is C11H13NO. The molecule has 1 aliphatic rings. The number of aromatic nitrogens is 1. The molecule has 2 heteroatoms. The summed E-state index contributed by atoms with van der Waals surface area (Å²) in [6.07, 6.45) is 7.73. The van der Waals surface area contributed by atoms with E-state index < -0.39 is 0 Å². The van der Waals surface area contributed by atoms with Gasteiger partial charge in [-0.25, -0.2) is 0 Å². The lowest BCUT2D eigenvalue weighted by molar-refractivity contribution is 0.0977. The highest BCUT2D eigenvalue weighted by Gasteiger charge is 2.21. The van der Waals surface area contributed by atoms with Gasteiger partial charge in [-0.2, -0.15) is 0 Å². The van der Waals surface area contributed by atoms with Crippen molar-refractivity contribution in [3.05, 3.63) is 30.1 Å². The number of hydrogen-bond donors (Lipinski definition) is 0. The topological polar surface area (TPSA) is 30.0 Å². The van der Waals surface area contributed by atoms with Crippen LogP contribution in [-0.2, 0) is 0 Å². The minimum Gasteiger partial charge on any atom is -0.294 e. The molecule has 0 aliphatic heterocycles.